The SMILES string of the molecule is Cc1nccc(Oc2ccc3[nH]c(C)cc3c2)n1. The van der Waals surface area contributed by atoms with Crippen LogP contribution in [-0.4, -0.2) is 15.0 Å². The van der Waals surface area contributed by atoms with Crippen LogP contribution in [0.15, 0.2) is 36.5 Å². The lowest BCUT2D eigenvalue weighted by molar-refractivity contribution is 0.460. The van der Waals surface area contributed by atoms with Gasteiger partial charge < -0.3 is 9.72 Å². The highest BCUT2D eigenvalue weighted by molar-refractivity contribution is 5.81. The minimum Gasteiger partial charge on any atom is -0.439 e. The first-order chi connectivity index (χ1) is 8.70. The summed E-state index contributed by atoms with van der Waals surface area (Å²) in [5, 5.41) is 1.13. The highest BCUT2D eigenvalue weighted by Gasteiger charge is 2.02. The van der Waals surface area contributed by atoms with Gasteiger partial charge in [0.05, 0.1) is 0 Å². The number of hydrogen-bond acceptors (Lipinski definition) is 3. The summed E-state index contributed by atoms with van der Waals surface area (Å²) in [6.07, 6.45) is 1.69. The summed E-state index contributed by atoms with van der Waals surface area (Å²) < 4.78 is 5.71. The molecule has 3 aromatic rings. The Hall–Kier alpha value is -2.36. The molecule has 0 amide bonds. The molecule has 0 saturated carbocycles. The number of aryl methyl sites for hydroxylation is 2. The highest BCUT2D eigenvalue weighted by atomic mass is 16.5. The number of hydrogen-bond donors (Lipinski definition) is 1. The van der Waals surface area contributed by atoms with Crippen LogP contribution in [0, 0.1) is 13.8 Å². The topological polar surface area (TPSA) is 50.8 Å². The van der Waals surface area contributed by atoms with Crippen molar-refractivity contribution >= 4 is 10.9 Å². The molecular weight excluding hydrogens is 226 g/mol. The molecule has 1 N–H and O–H groups in total. The Bertz CT molecular complexity index is 703. The number of H-pyrrole nitrogens is 1. The fraction of sp³-hybridized carbons (Fsp3) is 0.143. The Labute approximate surface area is 105 Å². The van der Waals surface area contributed by atoms with E-state index in [2.05, 4.69) is 21.0 Å². The number of aromatic amines is 1. The summed E-state index contributed by atoms with van der Waals surface area (Å²) >= 11 is 0. The second kappa shape index (κ2) is 4.14. The van der Waals surface area contributed by atoms with Gasteiger partial charge in [-0.2, -0.15) is 4.98 Å². The number of benzene rings is 1. The predicted octanol–water partition coefficient (Wildman–Crippen LogP) is 3.37. The minimum atomic E-state index is 0.564. The number of nitrogens with one attached hydrogen (secondary N) is 1. The Balaban J connectivity index is 1.94. The summed E-state index contributed by atoms with van der Waals surface area (Å²) in [4.78, 5) is 11.5. The zero-order valence-corrected chi connectivity index (χ0v) is 10.3. The summed E-state index contributed by atoms with van der Waals surface area (Å²) in [7, 11) is 0. The van der Waals surface area contributed by atoms with Crippen molar-refractivity contribution < 1.29 is 4.74 Å². The monoisotopic (exact) mass is 239 g/mol. The van der Waals surface area contributed by atoms with Crippen LogP contribution in [0.2, 0.25) is 0 Å². The van der Waals surface area contributed by atoms with Crippen molar-refractivity contribution in [2.24, 2.45) is 0 Å². The lowest BCUT2D eigenvalue weighted by Gasteiger charge is -2.04. The smallest absolute Gasteiger partial charge is 0.222 e. The van der Waals surface area contributed by atoms with E-state index in [-0.39, 0.29) is 0 Å². The molecule has 0 aliphatic rings. The van der Waals surface area contributed by atoms with Gasteiger partial charge in [0.25, 0.3) is 0 Å². The second-order valence-electron chi connectivity index (χ2n) is 4.25. The van der Waals surface area contributed by atoms with E-state index in [4.69, 9.17) is 4.74 Å². The molecule has 0 spiro atoms. The van der Waals surface area contributed by atoms with Crippen molar-refractivity contribution in [3.63, 3.8) is 0 Å². The van der Waals surface area contributed by atoms with E-state index in [9.17, 15) is 0 Å². The molecule has 4 nitrogen and oxygen atoms in total. The first-order valence-corrected chi connectivity index (χ1v) is 5.77. The summed E-state index contributed by atoms with van der Waals surface area (Å²) in [6.45, 7) is 3.87. The Morgan fingerprint density at radius 3 is 2.83 bits per heavy atom. The van der Waals surface area contributed by atoms with Crippen molar-refractivity contribution in [1.29, 1.82) is 0 Å². The van der Waals surface area contributed by atoms with E-state index >= 15 is 0 Å². The third-order valence-corrected chi connectivity index (χ3v) is 2.70. The predicted molar refractivity (Wildman–Crippen MR) is 69.9 cm³/mol. The van der Waals surface area contributed by atoms with Gasteiger partial charge in [-0.15, -0.1) is 0 Å². The number of ether oxygens (including phenoxy) is 1. The zero-order chi connectivity index (χ0) is 12.5. The van der Waals surface area contributed by atoms with Crippen molar-refractivity contribution in [3.8, 4) is 11.6 Å². The molecule has 0 bridgehead atoms. The molecule has 2 heterocycles. The number of rotatable bonds is 2. The summed E-state index contributed by atoms with van der Waals surface area (Å²) in [5.41, 5.74) is 2.25. The van der Waals surface area contributed by atoms with Gasteiger partial charge in [-0.1, -0.05) is 0 Å². The molecule has 0 aliphatic carbocycles. The number of aromatic nitrogens is 3. The van der Waals surface area contributed by atoms with Crippen LogP contribution in [0.1, 0.15) is 11.5 Å². The molecule has 18 heavy (non-hydrogen) atoms. The van der Waals surface area contributed by atoms with Gasteiger partial charge in [0.15, 0.2) is 0 Å². The maximum absolute atomic E-state index is 5.71. The van der Waals surface area contributed by atoms with Gasteiger partial charge in [0.1, 0.15) is 11.6 Å². The van der Waals surface area contributed by atoms with Crippen LogP contribution in [0.4, 0.5) is 0 Å². The number of nitrogens with zero attached hydrogens (tertiary/aromatic N) is 2. The van der Waals surface area contributed by atoms with E-state index < -0.39 is 0 Å². The molecule has 3 rings (SSSR count). The van der Waals surface area contributed by atoms with E-state index in [0.29, 0.717) is 11.7 Å². The fourth-order valence-electron chi connectivity index (χ4n) is 1.93. The van der Waals surface area contributed by atoms with Crippen molar-refractivity contribution in [2.75, 3.05) is 0 Å². The molecule has 90 valence electrons. The van der Waals surface area contributed by atoms with Gasteiger partial charge >= 0.3 is 0 Å². The normalized spacial score (nSPS) is 10.8. The third kappa shape index (κ3) is 2.05. The van der Waals surface area contributed by atoms with Crippen molar-refractivity contribution in [2.45, 2.75) is 13.8 Å². The zero-order valence-electron chi connectivity index (χ0n) is 10.3. The molecule has 1 aromatic carbocycles. The van der Waals surface area contributed by atoms with E-state index in [1.54, 1.807) is 12.3 Å². The standard InChI is InChI=1S/C14H13N3O/c1-9-7-11-8-12(3-4-13(11)16-9)18-14-5-6-15-10(2)17-14/h3-8,16H,1-2H3. The first-order valence-electron chi connectivity index (χ1n) is 5.77. The van der Waals surface area contributed by atoms with Gasteiger partial charge in [0.2, 0.25) is 5.88 Å². The maximum Gasteiger partial charge on any atom is 0.222 e. The van der Waals surface area contributed by atoms with Crippen molar-refractivity contribution in [3.05, 3.63) is 48.0 Å². The van der Waals surface area contributed by atoms with E-state index in [0.717, 1.165) is 22.3 Å². The molecule has 2 aromatic heterocycles. The lowest BCUT2D eigenvalue weighted by Crippen LogP contribution is -1.91. The van der Waals surface area contributed by atoms with Crippen LogP contribution < -0.4 is 4.74 Å². The van der Waals surface area contributed by atoms with E-state index in [1.165, 1.54) is 0 Å². The lowest BCUT2D eigenvalue weighted by atomic mass is 10.2. The molecule has 0 atom stereocenters. The van der Waals surface area contributed by atoms with E-state index in [1.807, 2.05) is 32.0 Å². The molecule has 4 heteroatoms. The number of fused-ring (bicyclic) bond motifs is 1. The molecular formula is C14H13N3O. The van der Waals surface area contributed by atoms with Gasteiger partial charge in [0, 0.05) is 28.9 Å². The van der Waals surface area contributed by atoms with Crippen LogP contribution in [0.5, 0.6) is 11.6 Å². The van der Waals surface area contributed by atoms with Crippen LogP contribution in [0.3, 0.4) is 0 Å². The van der Waals surface area contributed by atoms with Gasteiger partial charge in [-0.05, 0) is 38.1 Å². The summed E-state index contributed by atoms with van der Waals surface area (Å²) in [6, 6.07) is 9.77. The van der Waals surface area contributed by atoms with Gasteiger partial charge in [-0.3, -0.25) is 0 Å². The largest absolute Gasteiger partial charge is 0.439 e. The Morgan fingerprint density at radius 2 is 2.00 bits per heavy atom. The Morgan fingerprint density at radius 1 is 1.11 bits per heavy atom. The minimum absolute atomic E-state index is 0.564. The molecule has 0 unspecified atom stereocenters. The molecule has 0 saturated heterocycles. The maximum atomic E-state index is 5.71. The Kier molecular flexibility index (Phi) is 2.48. The quantitative estimate of drug-likeness (QED) is 0.746. The first kappa shape index (κ1) is 10.8. The molecule has 0 fully saturated rings. The van der Waals surface area contributed by atoms with Crippen LogP contribution >= 0.6 is 0 Å². The summed E-state index contributed by atoms with van der Waals surface area (Å²) in [5.74, 6) is 2.04. The molecule has 0 radical (unpaired) electrons. The van der Waals surface area contributed by atoms with Crippen LogP contribution in [-0.2, 0) is 0 Å². The fourth-order valence-corrected chi connectivity index (χ4v) is 1.93. The van der Waals surface area contributed by atoms with Crippen molar-refractivity contribution in [1.82, 2.24) is 15.0 Å². The average molecular weight is 239 g/mol. The molecule has 0 aliphatic heterocycles. The highest BCUT2D eigenvalue weighted by Crippen LogP contribution is 2.24. The third-order valence-electron chi connectivity index (χ3n) is 2.70. The second-order valence-corrected chi connectivity index (χ2v) is 4.25. The average Bonchev–Trinajstić information content (AvgIpc) is 2.68. The van der Waals surface area contributed by atoms with Crippen LogP contribution in [0.25, 0.3) is 10.9 Å². The van der Waals surface area contributed by atoms with Gasteiger partial charge in [-0.25, -0.2) is 4.98 Å².